The molecule has 40 heavy (non-hydrogen) atoms. The Balaban J connectivity index is 1.28. The summed E-state index contributed by atoms with van der Waals surface area (Å²) in [5.41, 5.74) is 11.3. The lowest BCUT2D eigenvalue weighted by atomic mass is 10.1. The lowest BCUT2D eigenvalue weighted by Crippen LogP contribution is -2.17. The van der Waals surface area contributed by atoms with Crippen molar-refractivity contribution in [3.05, 3.63) is 125 Å². The van der Waals surface area contributed by atoms with E-state index in [2.05, 4.69) is 50.9 Å². The molecule has 3 aromatic carbocycles. The van der Waals surface area contributed by atoms with Crippen LogP contribution in [0.4, 0.5) is 0 Å². The van der Waals surface area contributed by atoms with Crippen molar-refractivity contribution in [1.82, 2.24) is 14.6 Å². The Kier molecular flexibility index (Phi) is 7.46. The molecule has 0 radical (unpaired) electrons. The number of hydrogen-bond acceptors (Lipinski definition) is 4. The predicted octanol–water partition coefficient (Wildman–Crippen LogP) is 6.55. The third-order valence-electron chi connectivity index (χ3n) is 6.73. The maximum absolute atomic E-state index is 12.8. The Labute approximate surface area is 233 Å². The maximum atomic E-state index is 12.8. The van der Waals surface area contributed by atoms with Gasteiger partial charge in [0.1, 0.15) is 5.75 Å². The minimum atomic E-state index is -0.356. The van der Waals surface area contributed by atoms with E-state index in [4.69, 9.17) is 4.74 Å². The molecule has 0 aliphatic carbocycles. The second kappa shape index (κ2) is 11.3. The number of esters is 1. The van der Waals surface area contributed by atoms with Gasteiger partial charge in [0.05, 0.1) is 11.9 Å². The van der Waals surface area contributed by atoms with Crippen LogP contribution in [0.25, 0.3) is 22.6 Å². The van der Waals surface area contributed by atoms with Crippen molar-refractivity contribution in [2.45, 2.75) is 27.7 Å². The number of rotatable bonds is 7. The number of carbonyl (C=O) groups is 2. The van der Waals surface area contributed by atoms with Crippen LogP contribution in [0.15, 0.2) is 102 Å². The van der Waals surface area contributed by atoms with Crippen molar-refractivity contribution in [2.24, 2.45) is 5.10 Å². The molecule has 0 aliphatic heterocycles. The molecule has 0 atom stereocenters. The molecule has 5 rings (SSSR count). The number of ether oxygens (including phenoxy) is 1. The number of carbonyl (C=O) groups excluding carboxylic acids is 2. The Morgan fingerprint density at radius 3 is 2.10 bits per heavy atom. The van der Waals surface area contributed by atoms with Crippen LogP contribution in [-0.2, 0) is 4.79 Å². The normalized spacial score (nSPS) is 11.1. The number of nitrogens with zero attached hydrogens (tertiary/aromatic N) is 3. The molecule has 0 saturated heterocycles. The highest BCUT2D eigenvalue weighted by molar-refractivity contribution is 5.95. The second-order valence-corrected chi connectivity index (χ2v) is 9.56. The summed E-state index contributed by atoms with van der Waals surface area (Å²) < 4.78 is 9.38. The molecule has 0 spiro atoms. The molecule has 7 nitrogen and oxygen atoms in total. The molecule has 7 heteroatoms. The van der Waals surface area contributed by atoms with E-state index in [1.807, 2.05) is 62.4 Å². The van der Waals surface area contributed by atoms with Gasteiger partial charge in [-0.1, -0.05) is 30.3 Å². The summed E-state index contributed by atoms with van der Waals surface area (Å²) in [7, 11) is 0. The number of amides is 1. The van der Waals surface area contributed by atoms with Crippen LogP contribution in [0.5, 0.6) is 5.75 Å². The highest BCUT2D eigenvalue weighted by Gasteiger charge is 2.12. The van der Waals surface area contributed by atoms with Crippen molar-refractivity contribution in [2.75, 3.05) is 0 Å². The SMILES string of the molecule is CC(=O)Oc1ccc(-n2c(C)cc(/C=N/NC(=O)c3ccc(-n4c(C)ccc4-c4ccccc4)cc3)c2C)cc1. The monoisotopic (exact) mass is 530 g/mol. The van der Waals surface area contributed by atoms with Crippen molar-refractivity contribution in [1.29, 1.82) is 0 Å². The third kappa shape index (κ3) is 5.49. The molecule has 2 heterocycles. The van der Waals surface area contributed by atoms with Gasteiger partial charge in [0.15, 0.2) is 0 Å². The zero-order valence-corrected chi connectivity index (χ0v) is 22.9. The fourth-order valence-electron chi connectivity index (χ4n) is 4.85. The molecule has 200 valence electrons. The van der Waals surface area contributed by atoms with Gasteiger partial charge in [0.2, 0.25) is 0 Å². The van der Waals surface area contributed by atoms with E-state index in [0.717, 1.165) is 45.3 Å². The lowest BCUT2D eigenvalue weighted by Gasteiger charge is -2.12. The van der Waals surface area contributed by atoms with Crippen molar-refractivity contribution in [3.63, 3.8) is 0 Å². The Morgan fingerprint density at radius 1 is 0.775 bits per heavy atom. The van der Waals surface area contributed by atoms with E-state index in [0.29, 0.717) is 11.3 Å². The van der Waals surface area contributed by atoms with Gasteiger partial charge in [-0.15, -0.1) is 0 Å². The van der Waals surface area contributed by atoms with E-state index >= 15 is 0 Å². The summed E-state index contributed by atoms with van der Waals surface area (Å²) >= 11 is 0. The number of nitrogens with one attached hydrogen (secondary N) is 1. The fourth-order valence-corrected chi connectivity index (χ4v) is 4.85. The number of aromatic nitrogens is 2. The standard InChI is InChI=1S/C33H30N4O3/c1-22-10-19-32(26-8-6-5-7-9-26)37(22)30-13-11-27(12-14-30)33(39)35-34-21-28-20-23(2)36(24(28)3)29-15-17-31(18-16-29)40-25(4)38/h5-21H,1-4H3,(H,35,39)/b34-21+. The maximum Gasteiger partial charge on any atom is 0.308 e. The first kappa shape index (κ1) is 26.4. The molecular formula is C33H30N4O3. The van der Waals surface area contributed by atoms with Gasteiger partial charge in [0.25, 0.3) is 5.91 Å². The number of benzene rings is 3. The molecule has 0 aliphatic rings. The van der Waals surface area contributed by atoms with Crippen LogP contribution in [0.2, 0.25) is 0 Å². The van der Waals surface area contributed by atoms with Crippen LogP contribution >= 0.6 is 0 Å². The van der Waals surface area contributed by atoms with Gasteiger partial charge in [-0.2, -0.15) is 5.10 Å². The quantitative estimate of drug-likeness (QED) is 0.112. The van der Waals surface area contributed by atoms with Crippen LogP contribution in [0.3, 0.4) is 0 Å². The Hall–Kier alpha value is -5.17. The molecule has 0 bridgehead atoms. The van der Waals surface area contributed by atoms with Crippen LogP contribution in [0.1, 0.15) is 39.9 Å². The predicted molar refractivity (Wildman–Crippen MR) is 158 cm³/mol. The Bertz CT molecular complexity index is 1690. The summed E-state index contributed by atoms with van der Waals surface area (Å²) in [6.45, 7) is 7.43. The summed E-state index contributed by atoms with van der Waals surface area (Å²) in [6.07, 6.45) is 1.65. The van der Waals surface area contributed by atoms with Crippen LogP contribution in [0, 0.1) is 20.8 Å². The number of hydrazone groups is 1. The summed E-state index contributed by atoms with van der Waals surface area (Å²) in [4.78, 5) is 24.0. The zero-order valence-electron chi connectivity index (χ0n) is 22.9. The third-order valence-corrected chi connectivity index (χ3v) is 6.73. The minimum Gasteiger partial charge on any atom is -0.427 e. The molecule has 0 unspecified atom stereocenters. The highest BCUT2D eigenvalue weighted by atomic mass is 16.5. The van der Waals surface area contributed by atoms with Crippen LogP contribution < -0.4 is 10.2 Å². The van der Waals surface area contributed by atoms with Gasteiger partial charge >= 0.3 is 5.97 Å². The van der Waals surface area contributed by atoms with E-state index in [1.54, 1.807) is 30.5 Å². The highest BCUT2D eigenvalue weighted by Crippen LogP contribution is 2.27. The average Bonchev–Trinajstić information content (AvgIpc) is 3.47. The summed E-state index contributed by atoms with van der Waals surface area (Å²) in [5, 5.41) is 4.21. The molecule has 0 fully saturated rings. The van der Waals surface area contributed by atoms with Gasteiger partial charge in [0, 0.05) is 46.5 Å². The van der Waals surface area contributed by atoms with Crippen LogP contribution in [-0.4, -0.2) is 27.2 Å². The first-order valence-corrected chi connectivity index (χ1v) is 13.0. The number of aryl methyl sites for hydroxylation is 2. The zero-order chi connectivity index (χ0) is 28.2. The minimum absolute atomic E-state index is 0.287. The molecule has 1 N–H and O–H groups in total. The van der Waals surface area contributed by atoms with E-state index < -0.39 is 0 Å². The topological polar surface area (TPSA) is 77.6 Å². The van der Waals surface area contributed by atoms with E-state index in [1.165, 1.54) is 6.92 Å². The Morgan fingerprint density at radius 2 is 1.43 bits per heavy atom. The molecule has 1 amide bonds. The second-order valence-electron chi connectivity index (χ2n) is 9.56. The van der Waals surface area contributed by atoms with E-state index in [9.17, 15) is 9.59 Å². The van der Waals surface area contributed by atoms with Crippen molar-refractivity contribution >= 4 is 18.1 Å². The van der Waals surface area contributed by atoms with Gasteiger partial charge in [-0.25, -0.2) is 5.43 Å². The summed E-state index contributed by atoms with van der Waals surface area (Å²) in [6, 6.07) is 31.2. The lowest BCUT2D eigenvalue weighted by molar-refractivity contribution is -0.131. The van der Waals surface area contributed by atoms with Gasteiger partial charge < -0.3 is 13.9 Å². The number of hydrogen-bond donors (Lipinski definition) is 1. The smallest absolute Gasteiger partial charge is 0.308 e. The molecular weight excluding hydrogens is 500 g/mol. The van der Waals surface area contributed by atoms with Crippen molar-refractivity contribution in [3.8, 4) is 28.4 Å². The van der Waals surface area contributed by atoms with Gasteiger partial charge in [-0.3, -0.25) is 9.59 Å². The molecule has 5 aromatic rings. The first-order chi connectivity index (χ1) is 19.3. The average molecular weight is 531 g/mol. The van der Waals surface area contributed by atoms with Crippen molar-refractivity contribution < 1.29 is 14.3 Å². The van der Waals surface area contributed by atoms with E-state index in [-0.39, 0.29) is 11.9 Å². The largest absolute Gasteiger partial charge is 0.427 e. The molecule has 2 aromatic heterocycles. The van der Waals surface area contributed by atoms with Gasteiger partial charge in [-0.05, 0) is 93.1 Å². The molecule has 0 saturated carbocycles. The summed E-state index contributed by atoms with van der Waals surface area (Å²) in [5.74, 6) is -0.146. The fraction of sp³-hybridized carbons (Fsp3) is 0.121. The first-order valence-electron chi connectivity index (χ1n) is 13.0.